The highest BCUT2D eigenvalue weighted by atomic mass is 32.2. The van der Waals surface area contributed by atoms with Crippen LogP contribution in [-0.2, 0) is 16.4 Å². The predicted octanol–water partition coefficient (Wildman–Crippen LogP) is 3.88. The number of nitrogens with one attached hydrogen (secondary N) is 1. The Labute approximate surface area is 186 Å². The van der Waals surface area contributed by atoms with E-state index in [2.05, 4.69) is 4.72 Å². The molecule has 0 aliphatic heterocycles. The molecule has 0 bridgehead atoms. The molecular formula is C22H24N2O5S2. The van der Waals surface area contributed by atoms with Gasteiger partial charge in [0.25, 0.3) is 15.9 Å². The van der Waals surface area contributed by atoms with Gasteiger partial charge in [0.15, 0.2) is 11.5 Å². The number of amides is 1. The molecule has 0 atom stereocenters. The first-order chi connectivity index (χ1) is 14.8. The molecule has 0 fully saturated rings. The summed E-state index contributed by atoms with van der Waals surface area (Å²) in [5.41, 5.74) is 1.75. The second-order valence-corrected chi connectivity index (χ2v) is 9.64. The summed E-state index contributed by atoms with van der Waals surface area (Å²) < 4.78 is 38.1. The van der Waals surface area contributed by atoms with Gasteiger partial charge in [-0.05, 0) is 53.8 Å². The number of ether oxygens (including phenoxy) is 2. The Hall–Kier alpha value is -3.04. The highest BCUT2D eigenvalue weighted by Crippen LogP contribution is 2.28. The number of carbonyl (C=O) groups is 1. The SMILES string of the molecule is COc1ccc(CCN(C)C(=O)c2cccc(NS(=O)(=O)c3cccs3)c2)cc1OC. The van der Waals surface area contributed by atoms with Crippen molar-refractivity contribution < 1.29 is 22.7 Å². The average Bonchev–Trinajstić information content (AvgIpc) is 3.32. The molecule has 0 spiro atoms. The van der Waals surface area contributed by atoms with Crippen molar-refractivity contribution in [2.75, 3.05) is 32.5 Å². The van der Waals surface area contributed by atoms with Crippen LogP contribution in [0.3, 0.4) is 0 Å². The Balaban J connectivity index is 1.66. The number of carbonyl (C=O) groups excluding carboxylic acids is 1. The normalized spacial score (nSPS) is 11.1. The molecule has 0 saturated carbocycles. The van der Waals surface area contributed by atoms with Gasteiger partial charge in [0.2, 0.25) is 0 Å². The van der Waals surface area contributed by atoms with Gasteiger partial charge in [0.05, 0.1) is 14.2 Å². The lowest BCUT2D eigenvalue weighted by molar-refractivity contribution is 0.0796. The summed E-state index contributed by atoms with van der Waals surface area (Å²) in [4.78, 5) is 14.4. The van der Waals surface area contributed by atoms with Crippen molar-refractivity contribution in [2.24, 2.45) is 0 Å². The number of anilines is 1. The molecule has 9 heteroatoms. The third kappa shape index (κ3) is 5.56. The van der Waals surface area contributed by atoms with Crippen LogP contribution in [-0.4, -0.2) is 47.0 Å². The Morgan fingerprint density at radius 1 is 1.03 bits per heavy atom. The number of rotatable bonds is 9. The van der Waals surface area contributed by atoms with Crippen molar-refractivity contribution in [1.82, 2.24) is 4.90 Å². The molecule has 1 aromatic heterocycles. The van der Waals surface area contributed by atoms with Crippen LogP contribution < -0.4 is 14.2 Å². The predicted molar refractivity (Wildman–Crippen MR) is 122 cm³/mol. The number of methoxy groups -OCH3 is 2. The highest BCUT2D eigenvalue weighted by Gasteiger charge is 2.17. The lowest BCUT2D eigenvalue weighted by atomic mass is 10.1. The first-order valence-corrected chi connectivity index (χ1v) is 11.8. The number of hydrogen-bond donors (Lipinski definition) is 1. The van der Waals surface area contributed by atoms with Gasteiger partial charge in [-0.15, -0.1) is 11.3 Å². The van der Waals surface area contributed by atoms with Crippen LogP contribution in [0.25, 0.3) is 0 Å². The smallest absolute Gasteiger partial charge is 0.271 e. The topological polar surface area (TPSA) is 84.9 Å². The minimum atomic E-state index is -3.67. The van der Waals surface area contributed by atoms with Crippen molar-refractivity contribution in [3.05, 3.63) is 71.1 Å². The molecule has 0 saturated heterocycles. The van der Waals surface area contributed by atoms with E-state index in [1.165, 1.54) is 6.07 Å². The van der Waals surface area contributed by atoms with E-state index in [1.807, 2.05) is 18.2 Å². The fraction of sp³-hybridized carbons (Fsp3) is 0.227. The van der Waals surface area contributed by atoms with Gasteiger partial charge >= 0.3 is 0 Å². The molecule has 0 radical (unpaired) electrons. The first-order valence-electron chi connectivity index (χ1n) is 9.47. The van der Waals surface area contributed by atoms with Crippen molar-refractivity contribution in [3.8, 4) is 11.5 Å². The van der Waals surface area contributed by atoms with E-state index >= 15 is 0 Å². The van der Waals surface area contributed by atoms with Crippen LogP contribution in [0, 0.1) is 0 Å². The second kappa shape index (κ2) is 9.84. The van der Waals surface area contributed by atoms with Crippen LogP contribution in [0.5, 0.6) is 11.5 Å². The van der Waals surface area contributed by atoms with Crippen LogP contribution in [0.15, 0.2) is 64.2 Å². The molecule has 0 aliphatic carbocycles. The summed E-state index contributed by atoms with van der Waals surface area (Å²) in [6.45, 7) is 0.486. The molecule has 2 aromatic carbocycles. The van der Waals surface area contributed by atoms with Crippen molar-refractivity contribution in [2.45, 2.75) is 10.6 Å². The van der Waals surface area contributed by atoms with Gasteiger partial charge in [-0.3, -0.25) is 9.52 Å². The van der Waals surface area contributed by atoms with Crippen LogP contribution in [0.4, 0.5) is 5.69 Å². The lowest BCUT2D eigenvalue weighted by Gasteiger charge is -2.18. The van der Waals surface area contributed by atoms with E-state index in [0.29, 0.717) is 35.7 Å². The Morgan fingerprint density at radius 3 is 2.48 bits per heavy atom. The van der Waals surface area contributed by atoms with E-state index in [0.717, 1.165) is 16.9 Å². The number of benzene rings is 2. The van der Waals surface area contributed by atoms with Gasteiger partial charge < -0.3 is 14.4 Å². The van der Waals surface area contributed by atoms with Gasteiger partial charge in [-0.1, -0.05) is 18.2 Å². The van der Waals surface area contributed by atoms with E-state index < -0.39 is 10.0 Å². The van der Waals surface area contributed by atoms with Gasteiger partial charge in [0, 0.05) is 24.8 Å². The molecule has 164 valence electrons. The van der Waals surface area contributed by atoms with Crippen LogP contribution in [0.2, 0.25) is 0 Å². The zero-order chi connectivity index (χ0) is 22.4. The monoisotopic (exact) mass is 460 g/mol. The summed E-state index contributed by atoms with van der Waals surface area (Å²) >= 11 is 1.13. The van der Waals surface area contributed by atoms with E-state index in [9.17, 15) is 13.2 Å². The van der Waals surface area contributed by atoms with Gasteiger partial charge in [0.1, 0.15) is 4.21 Å². The average molecular weight is 461 g/mol. The van der Waals surface area contributed by atoms with Crippen LogP contribution in [0.1, 0.15) is 15.9 Å². The number of nitrogens with zero attached hydrogens (tertiary/aromatic N) is 1. The maximum absolute atomic E-state index is 12.8. The molecule has 1 heterocycles. The summed E-state index contributed by atoms with van der Waals surface area (Å²) in [7, 11) is 1.21. The van der Waals surface area contributed by atoms with E-state index in [-0.39, 0.29) is 10.1 Å². The molecule has 1 amide bonds. The van der Waals surface area contributed by atoms with E-state index in [1.54, 1.807) is 61.9 Å². The molecule has 31 heavy (non-hydrogen) atoms. The largest absolute Gasteiger partial charge is 0.493 e. The van der Waals surface area contributed by atoms with Crippen molar-refractivity contribution in [3.63, 3.8) is 0 Å². The number of sulfonamides is 1. The fourth-order valence-electron chi connectivity index (χ4n) is 2.99. The fourth-order valence-corrected chi connectivity index (χ4v) is 5.03. The van der Waals surface area contributed by atoms with E-state index in [4.69, 9.17) is 9.47 Å². The summed E-state index contributed by atoms with van der Waals surface area (Å²) in [6.07, 6.45) is 0.632. The molecular weight excluding hydrogens is 436 g/mol. The van der Waals surface area contributed by atoms with Crippen LogP contribution >= 0.6 is 11.3 Å². The maximum Gasteiger partial charge on any atom is 0.271 e. The molecule has 3 rings (SSSR count). The van der Waals surface area contributed by atoms with Crippen molar-refractivity contribution >= 4 is 33.0 Å². The third-order valence-electron chi connectivity index (χ3n) is 4.65. The maximum atomic E-state index is 12.8. The molecule has 1 N–H and O–H groups in total. The lowest BCUT2D eigenvalue weighted by Crippen LogP contribution is -2.29. The molecule has 0 aliphatic rings. The number of hydrogen-bond acceptors (Lipinski definition) is 6. The second-order valence-electron chi connectivity index (χ2n) is 6.78. The van der Waals surface area contributed by atoms with Crippen molar-refractivity contribution in [1.29, 1.82) is 0 Å². The number of thiophene rings is 1. The summed E-state index contributed by atoms with van der Waals surface area (Å²) in [5.74, 6) is 1.09. The Bertz CT molecular complexity index is 1140. The van der Waals surface area contributed by atoms with Gasteiger partial charge in [-0.25, -0.2) is 8.42 Å². The number of likely N-dealkylation sites (N-methyl/N-ethyl adjacent to an activating group) is 1. The zero-order valence-electron chi connectivity index (χ0n) is 17.5. The minimum Gasteiger partial charge on any atom is -0.493 e. The summed E-state index contributed by atoms with van der Waals surface area (Å²) in [6, 6.07) is 15.3. The zero-order valence-corrected chi connectivity index (χ0v) is 19.1. The quantitative estimate of drug-likeness (QED) is 0.524. The highest BCUT2D eigenvalue weighted by molar-refractivity contribution is 7.94. The molecule has 7 nitrogen and oxygen atoms in total. The Morgan fingerprint density at radius 2 is 1.81 bits per heavy atom. The molecule has 0 unspecified atom stereocenters. The summed E-state index contributed by atoms with van der Waals surface area (Å²) in [5, 5.41) is 1.70. The Kier molecular flexibility index (Phi) is 7.19. The minimum absolute atomic E-state index is 0.197. The first kappa shape index (κ1) is 22.6. The standard InChI is InChI=1S/C22H24N2O5S2/c1-24(12-11-16-9-10-19(28-2)20(14-16)29-3)22(25)17-6-4-7-18(15-17)23-31(26,27)21-8-5-13-30-21/h4-10,13-15,23H,11-12H2,1-3H3. The molecule has 3 aromatic rings. The third-order valence-corrected chi connectivity index (χ3v) is 7.43. The van der Waals surface area contributed by atoms with Gasteiger partial charge in [-0.2, -0.15) is 0 Å².